The normalized spacial score (nSPS) is 16.3. The van der Waals surface area contributed by atoms with Gasteiger partial charge in [0.15, 0.2) is 0 Å². The summed E-state index contributed by atoms with van der Waals surface area (Å²) in [4.78, 5) is 20.3. The highest BCUT2D eigenvalue weighted by Crippen LogP contribution is 2.37. The van der Waals surface area contributed by atoms with Crippen molar-refractivity contribution >= 4 is 23.4 Å². The number of thioether (sulfide) groups is 1. The Labute approximate surface area is 192 Å². The van der Waals surface area contributed by atoms with Crippen molar-refractivity contribution in [3.8, 4) is 11.4 Å². The van der Waals surface area contributed by atoms with E-state index in [1.165, 1.54) is 5.56 Å². The fourth-order valence-corrected chi connectivity index (χ4v) is 4.20. The van der Waals surface area contributed by atoms with Crippen molar-refractivity contribution in [2.75, 3.05) is 12.8 Å². The molecule has 1 aliphatic heterocycles. The van der Waals surface area contributed by atoms with E-state index >= 15 is 0 Å². The Morgan fingerprint density at radius 1 is 1.19 bits per heavy atom. The van der Waals surface area contributed by atoms with Crippen LogP contribution in [-0.2, 0) is 6.42 Å². The van der Waals surface area contributed by atoms with Gasteiger partial charge in [-0.05, 0) is 42.9 Å². The zero-order valence-electron chi connectivity index (χ0n) is 18.5. The summed E-state index contributed by atoms with van der Waals surface area (Å²) in [6.07, 6.45) is 4.70. The van der Waals surface area contributed by atoms with Gasteiger partial charge in [-0.15, -0.1) is 18.3 Å². The predicted octanol–water partition coefficient (Wildman–Crippen LogP) is 5.70. The second kappa shape index (κ2) is 9.44. The summed E-state index contributed by atoms with van der Waals surface area (Å²) in [5, 5.41) is 7.32. The Kier molecular flexibility index (Phi) is 6.46. The molecule has 0 aliphatic carbocycles. The van der Waals surface area contributed by atoms with Crippen molar-refractivity contribution < 1.29 is 9.32 Å². The highest BCUT2D eigenvalue weighted by molar-refractivity contribution is 7.98. The molecule has 2 heterocycles. The van der Waals surface area contributed by atoms with Crippen molar-refractivity contribution in [3.63, 3.8) is 0 Å². The van der Waals surface area contributed by atoms with Crippen LogP contribution in [0.25, 0.3) is 17.0 Å². The van der Waals surface area contributed by atoms with Gasteiger partial charge in [-0.2, -0.15) is 4.98 Å². The summed E-state index contributed by atoms with van der Waals surface area (Å²) in [5.41, 5.74) is 4.64. The van der Waals surface area contributed by atoms with Crippen LogP contribution in [-0.4, -0.2) is 33.9 Å². The van der Waals surface area contributed by atoms with Gasteiger partial charge in [-0.1, -0.05) is 54.6 Å². The average molecular weight is 447 g/mol. The van der Waals surface area contributed by atoms with Gasteiger partial charge >= 0.3 is 6.03 Å². The summed E-state index contributed by atoms with van der Waals surface area (Å²) in [5.74, 6) is 0.914. The average Bonchev–Trinajstić information content (AvgIpc) is 3.31. The van der Waals surface area contributed by atoms with E-state index in [2.05, 4.69) is 36.1 Å². The molecule has 1 unspecified atom stereocenters. The van der Waals surface area contributed by atoms with Crippen molar-refractivity contribution in [1.29, 1.82) is 0 Å². The van der Waals surface area contributed by atoms with Crippen LogP contribution >= 0.6 is 11.8 Å². The quantitative estimate of drug-likeness (QED) is 0.372. The fraction of sp³-hybridized carbons (Fsp3) is 0.240. The molecule has 2 amide bonds. The first-order valence-electron chi connectivity index (χ1n) is 10.5. The highest BCUT2D eigenvalue weighted by Gasteiger charge is 2.35. The number of aryl methyl sites for hydroxylation is 1. The lowest BCUT2D eigenvalue weighted by Crippen LogP contribution is -2.46. The van der Waals surface area contributed by atoms with E-state index < -0.39 is 6.04 Å². The first-order chi connectivity index (χ1) is 15.5. The van der Waals surface area contributed by atoms with Gasteiger partial charge in [0.25, 0.3) is 5.89 Å². The number of urea groups is 1. The van der Waals surface area contributed by atoms with Crippen LogP contribution in [0.15, 0.2) is 76.3 Å². The van der Waals surface area contributed by atoms with Gasteiger partial charge in [0.05, 0.1) is 11.6 Å². The van der Waals surface area contributed by atoms with Crippen LogP contribution in [0, 0.1) is 0 Å². The molecule has 1 N–H and O–H groups in total. The topological polar surface area (TPSA) is 71.3 Å². The Morgan fingerprint density at radius 2 is 1.91 bits per heavy atom. The third-order valence-electron chi connectivity index (χ3n) is 5.63. The SMILES string of the molecule is C=CCN1C(=O)NC(c2ccc(SC)cc2)C(c2nc(-c3ccc(CC)cc3)no2)=C1C. The van der Waals surface area contributed by atoms with Crippen LogP contribution in [0.5, 0.6) is 0 Å². The maximum absolute atomic E-state index is 12.8. The number of benzene rings is 2. The molecule has 1 aromatic heterocycles. The number of rotatable bonds is 7. The molecule has 0 bridgehead atoms. The molecule has 0 radical (unpaired) electrons. The van der Waals surface area contributed by atoms with Crippen molar-refractivity contribution in [1.82, 2.24) is 20.4 Å². The molecule has 0 saturated carbocycles. The molecule has 0 saturated heterocycles. The summed E-state index contributed by atoms with van der Waals surface area (Å²) in [7, 11) is 0. The highest BCUT2D eigenvalue weighted by atomic mass is 32.2. The number of aromatic nitrogens is 2. The maximum Gasteiger partial charge on any atom is 0.322 e. The maximum atomic E-state index is 12.8. The van der Waals surface area contributed by atoms with E-state index in [4.69, 9.17) is 9.51 Å². The third-order valence-corrected chi connectivity index (χ3v) is 6.38. The van der Waals surface area contributed by atoms with E-state index in [1.807, 2.05) is 49.6 Å². The second-order valence-corrected chi connectivity index (χ2v) is 8.41. The van der Waals surface area contributed by atoms with Crippen LogP contribution in [0.4, 0.5) is 4.79 Å². The summed E-state index contributed by atoms with van der Waals surface area (Å²) >= 11 is 1.67. The van der Waals surface area contributed by atoms with Gasteiger partial charge in [0.2, 0.25) is 5.82 Å². The Bertz CT molecular complexity index is 1150. The number of amides is 2. The zero-order valence-corrected chi connectivity index (χ0v) is 19.3. The van der Waals surface area contributed by atoms with Gasteiger partial charge in [-0.25, -0.2) is 4.79 Å². The van der Waals surface area contributed by atoms with Crippen LogP contribution in [0.1, 0.15) is 36.9 Å². The van der Waals surface area contributed by atoms with E-state index in [0.29, 0.717) is 18.3 Å². The molecule has 6 nitrogen and oxygen atoms in total. The first-order valence-corrected chi connectivity index (χ1v) is 11.7. The molecule has 3 aromatic rings. The summed E-state index contributed by atoms with van der Waals surface area (Å²) < 4.78 is 5.72. The largest absolute Gasteiger partial charge is 0.334 e. The minimum atomic E-state index is -0.393. The summed E-state index contributed by atoms with van der Waals surface area (Å²) in [6.45, 7) is 8.19. The minimum absolute atomic E-state index is 0.181. The van der Waals surface area contributed by atoms with E-state index in [-0.39, 0.29) is 6.03 Å². The van der Waals surface area contributed by atoms with Crippen molar-refractivity contribution in [3.05, 3.63) is 83.9 Å². The van der Waals surface area contributed by atoms with E-state index in [0.717, 1.165) is 33.7 Å². The minimum Gasteiger partial charge on any atom is -0.334 e. The van der Waals surface area contributed by atoms with E-state index in [9.17, 15) is 4.79 Å². The summed E-state index contributed by atoms with van der Waals surface area (Å²) in [6, 6.07) is 15.7. The number of nitrogens with one attached hydrogen (secondary N) is 1. The van der Waals surface area contributed by atoms with Crippen LogP contribution in [0.2, 0.25) is 0 Å². The number of allylic oxidation sites excluding steroid dienone is 1. The Balaban J connectivity index is 1.77. The number of hydrogen-bond acceptors (Lipinski definition) is 5. The van der Waals surface area contributed by atoms with Crippen molar-refractivity contribution in [2.24, 2.45) is 0 Å². The molecule has 0 fully saturated rings. The number of nitrogens with zero attached hydrogens (tertiary/aromatic N) is 3. The first kappa shape index (κ1) is 21.9. The zero-order chi connectivity index (χ0) is 22.7. The van der Waals surface area contributed by atoms with Gasteiger partial charge < -0.3 is 9.84 Å². The van der Waals surface area contributed by atoms with Gasteiger partial charge in [-0.3, -0.25) is 4.90 Å². The molecule has 32 heavy (non-hydrogen) atoms. The Morgan fingerprint density at radius 3 is 2.53 bits per heavy atom. The molecule has 2 aromatic carbocycles. The molecule has 1 aliphatic rings. The van der Waals surface area contributed by atoms with E-state index in [1.54, 1.807) is 22.7 Å². The standard InChI is InChI=1S/C25H26N4O2S/c1-5-15-29-16(3)21(22(26-25(29)30)18-11-13-20(32-4)14-12-18)24-27-23(28-31-24)19-9-7-17(6-2)8-10-19/h5,7-14,22H,1,6,15H2,2-4H3,(H,26,30). The third kappa shape index (κ3) is 4.21. The van der Waals surface area contributed by atoms with Gasteiger partial charge in [0, 0.05) is 22.7 Å². The number of hydrogen-bond donors (Lipinski definition) is 1. The lowest BCUT2D eigenvalue weighted by molar-refractivity contribution is 0.209. The molecule has 0 spiro atoms. The monoisotopic (exact) mass is 446 g/mol. The van der Waals surface area contributed by atoms with Gasteiger partial charge in [0.1, 0.15) is 0 Å². The number of carbonyl (C=O) groups excluding carboxylic acids is 1. The van der Waals surface area contributed by atoms with Crippen molar-refractivity contribution in [2.45, 2.75) is 31.2 Å². The van der Waals surface area contributed by atoms with Crippen LogP contribution < -0.4 is 5.32 Å². The molecule has 164 valence electrons. The molecule has 7 heteroatoms. The predicted molar refractivity (Wildman–Crippen MR) is 128 cm³/mol. The lowest BCUT2D eigenvalue weighted by atomic mass is 9.94. The molecule has 1 atom stereocenters. The van der Waals surface area contributed by atoms with Crippen LogP contribution in [0.3, 0.4) is 0 Å². The molecule has 4 rings (SSSR count). The number of carbonyl (C=O) groups is 1. The fourth-order valence-electron chi connectivity index (χ4n) is 3.79. The molecular formula is C25H26N4O2S. The second-order valence-electron chi connectivity index (χ2n) is 7.53. The Hall–Kier alpha value is -3.32. The lowest BCUT2D eigenvalue weighted by Gasteiger charge is -2.34. The smallest absolute Gasteiger partial charge is 0.322 e. The molecular weight excluding hydrogens is 420 g/mol.